The van der Waals surface area contributed by atoms with Crippen LogP contribution >= 0.6 is 27.5 Å². The van der Waals surface area contributed by atoms with Gasteiger partial charge in [0.2, 0.25) is 5.91 Å². The first-order chi connectivity index (χ1) is 15.5. The molecule has 0 heterocycles. The Morgan fingerprint density at radius 3 is 2.56 bits per heavy atom. The van der Waals surface area contributed by atoms with Gasteiger partial charge in [-0.2, -0.15) is 0 Å². The third-order valence-corrected chi connectivity index (χ3v) is 6.61. The highest BCUT2D eigenvalue weighted by atomic mass is 79.9. The summed E-state index contributed by atoms with van der Waals surface area (Å²) in [6.45, 7) is 2.20. The van der Waals surface area contributed by atoms with Gasteiger partial charge in [-0.3, -0.25) is 9.59 Å². The molecule has 2 aromatic rings. The predicted octanol–water partition coefficient (Wildman–Crippen LogP) is 5.39. The van der Waals surface area contributed by atoms with Crippen molar-refractivity contribution < 1.29 is 14.3 Å². The second-order valence-corrected chi connectivity index (χ2v) is 9.42. The lowest BCUT2D eigenvalue weighted by Crippen LogP contribution is -2.52. The van der Waals surface area contributed by atoms with Crippen molar-refractivity contribution in [3.63, 3.8) is 0 Å². The van der Waals surface area contributed by atoms with Crippen LogP contribution in [-0.2, 0) is 16.0 Å². The number of carbonyl (C=O) groups excluding carboxylic acids is 2. The van der Waals surface area contributed by atoms with E-state index in [0.29, 0.717) is 30.2 Å². The van der Waals surface area contributed by atoms with E-state index in [9.17, 15) is 9.59 Å². The molecule has 3 rings (SSSR count). The van der Waals surface area contributed by atoms with Gasteiger partial charge in [-0.05, 0) is 49.4 Å². The fourth-order valence-corrected chi connectivity index (χ4v) is 4.81. The van der Waals surface area contributed by atoms with Gasteiger partial charge in [-0.1, -0.05) is 77.6 Å². The van der Waals surface area contributed by atoms with Crippen LogP contribution in [0.25, 0.3) is 0 Å². The van der Waals surface area contributed by atoms with Gasteiger partial charge in [-0.15, -0.1) is 0 Å². The Kier molecular flexibility index (Phi) is 9.42. The molecule has 2 amide bonds. The molecule has 0 unspecified atom stereocenters. The molecule has 1 fully saturated rings. The Hall–Kier alpha value is -2.05. The molecule has 0 aliphatic heterocycles. The molecule has 0 bridgehead atoms. The number of nitrogens with zero attached hydrogens (tertiary/aromatic N) is 1. The highest BCUT2D eigenvalue weighted by molar-refractivity contribution is 9.10. The summed E-state index contributed by atoms with van der Waals surface area (Å²) in [5, 5.41) is 3.58. The van der Waals surface area contributed by atoms with Gasteiger partial charge in [0.15, 0.2) is 6.61 Å². The van der Waals surface area contributed by atoms with E-state index in [2.05, 4.69) is 21.2 Å². The fourth-order valence-electron chi connectivity index (χ4n) is 4.08. The van der Waals surface area contributed by atoms with Crippen LogP contribution in [0, 0.1) is 0 Å². The largest absolute Gasteiger partial charge is 0.482 e. The van der Waals surface area contributed by atoms with Crippen molar-refractivity contribution in [1.82, 2.24) is 10.2 Å². The SMILES string of the molecule is CC[C@@H](C(=O)NC1CCCC1)N(CCc1ccccc1)C(=O)COc1ccc(Br)cc1Cl. The predicted molar refractivity (Wildman–Crippen MR) is 131 cm³/mol. The van der Waals surface area contributed by atoms with Crippen LogP contribution in [0.4, 0.5) is 0 Å². The minimum absolute atomic E-state index is 0.0810. The van der Waals surface area contributed by atoms with E-state index in [-0.39, 0.29) is 24.5 Å². The molecule has 32 heavy (non-hydrogen) atoms. The second-order valence-electron chi connectivity index (χ2n) is 8.10. The van der Waals surface area contributed by atoms with Crippen LogP contribution in [0.15, 0.2) is 53.0 Å². The van der Waals surface area contributed by atoms with Crippen LogP contribution in [0.3, 0.4) is 0 Å². The first-order valence-electron chi connectivity index (χ1n) is 11.2. The smallest absolute Gasteiger partial charge is 0.261 e. The monoisotopic (exact) mass is 520 g/mol. The van der Waals surface area contributed by atoms with E-state index >= 15 is 0 Å². The van der Waals surface area contributed by atoms with E-state index in [1.54, 1.807) is 17.0 Å². The average molecular weight is 522 g/mol. The molecule has 5 nitrogen and oxygen atoms in total. The van der Waals surface area contributed by atoms with Gasteiger partial charge >= 0.3 is 0 Å². The number of rotatable bonds is 10. The van der Waals surface area contributed by atoms with Crippen molar-refractivity contribution in [2.75, 3.05) is 13.2 Å². The number of carbonyl (C=O) groups is 2. The number of benzene rings is 2. The number of amides is 2. The summed E-state index contributed by atoms with van der Waals surface area (Å²) in [6, 6.07) is 14.9. The molecule has 0 radical (unpaired) electrons. The Bertz CT molecular complexity index is 903. The van der Waals surface area contributed by atoms with Crippen LogP contribution < -0.4 is 10.1 Å². The van der Waals surface area contributed by atoms with Gasteiger partial charge < -0.3 is 15.0 Å². The highest BCUT2D eigenvalue weighted by Crippen LogP contribution is 2.28. The Morgan fingerprint density at radius 2 is 1.91 bits per heavy atom. The van der Waals surface area contributed by atoms with Gasteiger partial charge in [0.25, 0.3) is 5.91 Å². The van der Waals surface area contributed by atoms with Crippen molar-refractivity contribution in [3.8, 4) is 5.75 Å². The van der Waals surface area contributed by atoms with Crippen LogP contribution in [0.2, 0.25) is 5.02 Å². The van der Waals surface area contributed by atoms with Gasteiger partial charge in [-0.25, -0.2) is 0 Å². The summed E-state index contributed by atoms with van der Waals surface area (Å²) < 4.78 is 6.55. The first-order valence-corrected chi connectivity index (χ1v) is 12.4. The summed E-state index contributed by atoms with van der Waals surface area (Å²) in [4.78, 5) is 28.0. The number of ether oxygens (including phenoxy) is 1. The van der Waals surface area contributed by atoms with E-state index in [4.69, 9.17) is 16.3 Å². The number of hydrogen-bond donors (Lipinski definition) is 1. The maximum Gasteiger partial charge on any atom is 0.261 e. The molecular formula is C25H30BrClN2O3. The van der Waals surface area contributed by atoms with Gasteiger partial charge in [0.1, 0.15) is 11.8 Å². The zero-order valence-corrected chi connectivity index (χ0v) is 20.7. The van der Waals surface area contributed by atoms with Crippen molar-refractivity contribution >= 4 is 39.3 Å². The number of hydrogen-bond acceptors (Lipinski definition) is 3. The molecule has 7 heteroatoms. The zero-order valence-electron chi connectivity index (χ0n) is 18.4. The van der Waals surface area contributed by atoms with E-state index in [1.165, 1.54) is 0 Å². The lowest BCUT2D eigenvalue weighted by molar-refractivity contribution is -0.142. The van der Waals surface area contributed by atoms with Crippen molar-refractivity contribution in [3.05, 3.63) is 63.6 Å². The summed E-state index contributed by atoms with van der Waals surface area (Å²) in [5.74, 6) is 0.130. The quantitative estimate of drug-likeness (QED) is 0.456. The second kappa shape index (κ2) is 12.3. The summed E-state index contributed by atoms with van der Waals surface area (Å²) in [5.41, 5.74) is 1.12. The number of nitrogens with one attached hydrogen (secondary N) is 1. The molecule has 0 spiro atoms. The average Bonchev–Trinajstić information content (AvgIpc) is 3.29. The van der Waals surface area contributed by atoms with E-state index in [1.807, 2.05) is 43.3 Å². The minimum atomic E-state index is -0.532. The van der Waals surface area contributed by atoms with E-state index in [0.717, 1.165) is 35.7 Å². The molecule has 0 saturated heterocycles. The first kappa shape index (κ1) is 24.6. The fraction of sp³-hybridized carbons (Fsp3) is 0.440. The molecule has 2 aromatic carbocycles. The maximum atomic E-state index is 13.2. The molecule has 0 aromatic heterocycles. The summed E-state index contributed by atoms with van der Waals surface area (Å²) in [6.07, 6.45) is 5.49. The summed E-state index contributed by atoms with van der Waals surface area (Å²) >= 11 is 9.59. The standard InChI is InChI=1S/C25H30BrClN2O3/c1-2-22(25(31)28-20-10-6-7-11-20)29(15-14-18-8-4-3-5-9-18)24(30)17-32-23-13-12-19(26)16-21(23)27/h3-5,8-9,12-13,16,20,22H,2,6-7,10-11,14-15,17H2,1H3,(H,28,31)/t22-/m0/s1. The van der Waals surface area contributed by atoms with Crippen LogP contribution in [0.1, 0.15) is 44.6 Å². The molecule has 172 valence electrons. The van der Waals surface area contributed by atoms with Crippen molar-refractivity contribution in [2.24, 2.45) is 0 Å². The maximum absolute atomic E-state index is 13.2. The molecule has 1 atom stereocenters. The van der Waals surface area contributed by atoms with E-state index < -0.39 is 6.04 Å². The van der Waals surface area contributed by atoms with Crippen molar-refractivity contribution in [2.45, 2.75) is 57.5 Å². The van der Waals surface area contributed by atoms with Gasteiger partial charge in [0, 0.05) is 17.1 Å². The lowest BCUT2D eigenvalue weighted by Gasteiger charge is -2.31. The highest BCUT2D eigenvalue weighted by Gasteiger charge is 2.30. The van der Waals surface area contributed by atoms with Gasteiger partial charge in [0.05, 0.1) is 5.02 Å². The molecule has 1 saturated carbocycles. The van der Waals surface area contributed by atoms with Crippen LogP contribution in [-0.4, -0.2) is 41.9 Å². The van der Waals surface area contributed by atoms with Crippen molar-refractivity contribution in [1.29, 1.82) is 0 Å². The molecule has 1 aliphatic carbocycles. The topological polar surface area (TPSA) is 58.6 Å². The van der Waals surface area contributed by atoms with Crippen LogP contribution in [0.5, 0.6) is 5.75 Å². The lowest BCUT2D eigenvalue weighted by atomic mass is 10.1. The third-order valence-electron chi connectivity index (χ3n) is 5.82. The Morgan fingerprint density at radius 1 is 1.19 bits per heavy atom. The number of halogens is 2. The minimum Gasteiger partial charge on any atom is -0.482 e. The normalized spacial score (nSPS) is 14.7. The zero-order chi connectivity index (χ0) is 22.9. The molecule has 1 N–H and O–H groups in total. The Balaban J connectivity index is 1.71. The Labute approximate surface area is 203 Å². The third kappa shape index (κ3) is 6.97. The molecular weight excluding hydrogens is 492 g/mol. The molecule has 1 aliphatic rings. The summed E-state index contributed by atoms with van der Waals surface area (Å²) in [7, 11) is 0.